The number of nitrogens with one attached hydrogen (secondary N) is 1. The van der Waals surface area contributed by atoms with Crippen LogP contribution in [0.1, 0.15) is 22.3 Å². The lowest BCUT2D eigenvalue weighted by molar-refractivity contribution is 0.0505. The first-order valence-corrected chi connectivity index (χ1v) is 13.0. The van der Waals surface area contributed by atoms with Crippen LogP contribution in [0.3, 0.4) is 0 Å². The van der Waals surface area contributed by atoms with E-state index in [1.165, 1.54) is 36.4 Å². The van der Waals surface area contributed by atoms with Crippen molar-refractivity contribution >= 4 is 31.5 Å². The van der Waals surface area contributed by atoms with Gasteiger partial charge in [-0.2, -0.15) is 0 Å². The predicted octanol–water partition coefficient (Wildman–Crippen LogP) is 3.82. The first-order valence-electron chi connectivity index (χ1n) is 9.82. The van der Waals surface area contributed by atoms with Gasteiger partial charge < -0.3 is 4.74 Å². The number of sulfonamides is 1. The lowest BCUT2D eigenvalue weighted by Crippen LogP contribution is -2.15. The Morgan fingerprint density at radius 1 is 0.844 bits per heavy atom. The normalized spacial score (nSPS) is 11.7. The van der Waals surface area contributed by atoms with Gasteiger partial charge in [-0.3, -0.25) is 4.72 Å². The number of anilines is 1. The summed E-state index contributed by atoms with van der Waals surface area (Å²) in [5.41, 5.74) is 1.37. The van der Waals surface area contributed by atoms with Crippen LogP contribution < -0.4 is 4.72 Å². The van der Waals surface area contributed by atoms with E-state index in [2.05, 4.69) is 4.72 Å². The van der Waals surface area contributed by atoms with Gasteiger partial charge in [-0.15, -0.1) is 0 Å². The molecule has 0 spiro atoms. The molecule has 3 aromatic rings. The maximum atomic E-state index is 12.7. The molecule has 0 saturated heterocycles. The molecule has 0 atom stereocenters. The highest BCUT2D eigenvalue weighted by Gasteiger charge is 2.18. The third-order valence-corrected chi connectivity index (χ3v) is 7.74. The maximum Gasteiger partial charge on any atom is 0.338 e. The van der Waals surface area contributed by atoms with Crippen molar-refractivity contribution in [3.8, 4) is 0 Å². The summed E-state index contributed by atoms with van der Waals surface area (Å²) >= 11 is 0. The summed E-state index contributed by atoms with van der Waals surface area (Å²) in [5.74, 6) is -0.895. The Kier molecular flexibility index (Phi) is 7.32. The monoisotopic (exact) mass is 473 g/mol. The summed E-state index contributed by atoms with van der Waals surface area (Å²) in [6.45, 7) is 1.74. The Morgan fingerprint density at radius 3 is 2.25 bits per heavy atom. The number of ether oxygens (including phenoxy) is 1. The van der Waals surface area contributed by atoms with E-state index < -0.39 is 25.8 Å². The Hall–Kier alpha value is -3.17. The molecule has 0 aromatic heterocycles. The average molecular weight is 474 g/mol. The summed E-state index contributed by atoms with van der Waals surface area (Å²) < 4.78 is 57.5. The molecule has 0 unspecified atom stereocenters. The van der Waals surface area contributed by atoms with Gasteiger partial charge in [-0.25, -0.2) is 21.6 Å². The van der Waals surface area contributed by atoms with Crippen LogP contribution in [0.25, 0.3) is 0 Å². The fourth-order valence-electron chi connectivity index (χ4n) is 2.96. The predicted molar refractivity (Wildman–Crippen MR) is 122 cm³/mol. The minimum Gasteiger partial charge on any atom is -0.462 e. The lowest BCUT2D eigenvalue weighted by Gasteiger charge is -2.10. The van der Waals surface area contributed by atoms with Crippen LogP contribution in [0.15, 0.2) is 88.7 Å². The molecule has 0 saturated carbocycles. The van der Waals surface area contributed by atoms with Crippen molar-refractivity contribution in [2.24, 2.45) is 0 Å². The van der Waals surface area contributed by atoms with Gasteiger partial charge in [0.25, 0.3) is 10.0 Å². The van der Waals surface area contributed by atoms with Gasteiger partial charge in [0.2, 0.25) is 0 Å². The molecular formula is C23H23NO6S2. The standard InChI is InChI=1S/C23H23NO6S2/c1-18-8-5-10-20(16-18)24-32(28,29)22-13-6-9-19(17-22)23(25)30-14-7-15-31(26,27)21-11-3-2-4-12-21/h2-6,8-13,16-17,24H,7,14-15H2,1H3. The third kappa shape index (κ3) is 6.18. The number of benzene rings is 3. The molecule has 3 rings (SSSR count). The molecule has 0 aliphatic heterocycles. The Morgan fingerprint density at radius 2 is 1.53 bits per heavy atom. The molecular weight excluding hydrogens is 450 g/mol. The van der Waals surface area contributed by atoms with Gasteiger partial charge >= 0.3 is 5.97 Å². The molecule has 168 valence electrons. The number of sulfone groups is 1. The second-order valence-electron chi connectivity index (χ2n) is 7.12. The Bertz CT molecular complexity index is 1300. The van der Waals surface area contributed by atoms with Crippen molar-refractivity contribution < 1.29 is 26.4 Å². The van der Waals surface area contributed by atoms with E-state index in [9.17, 15) is 21.6 Å². The first kappa shape index (κ1) is 23.5. The molecule has 3 aromatic carbocycles. The van der Waals surface area contributed by atoms with Crippen LogP contribution in [0.2, 0.25) is 0 Å². The van der Waals surface area contributed by atoms with Crippen molar-refractivity contribution in [3.05, 3.63) is 90.0 Å². The molecule has 0 radical (unpaired) electrons. The molecule has 0 aliphatic rings. The van der Waals surface area contributed by atoms with E-state index >= 15 is 0 Å². The molecule has 0 bridgehead atoms. The van der Waals surface area contributed by atoms with Crippen LogP contribution in [0.5, 0.6) is 0 Å². The van der Waals surface area contributed by atoms with E-state index in [0.29, 0.717) is 5.69 Å². The number of carbonyl (C=O) groups is 1. The van der Waals surface area contributed by atoms with Crippen molar-refractivity contribution in [3.63, 3.8) is 0 Å². The van der Waals surface area contributed by atoms with Crippen molar-refractivity contribution in [1.82, 2.24) is 0 Å². The number of hydrogen-bond donors (Lipinski definition) is 1. The van der Waals surface area contributed by atoms with Gasteiger partial charge in [-0.1, -0.05) is 36.4 Å². The van der Waals surface area contributed by atoms with Gasteiger partial charge in [0.15, 0.2) is 9.84 Å². The average Bonchev–Trinajstić information content (AvgIpc) is 2.77. The minimum atomic E-state index is -3.90. The first-order chi connectivity index (χ1) is 15.2. The number of rotatable bonds is 9. The summed E-state index contributed by atoms with van der Waals surface area (Å²) in [6.07, 6.45) is 0.121. The minimum absolute atomic E-state index is 0.0584. The fraction of sp³-hybridized carbons (Fsp3) is 0.174. The van der Waals surface area contributed by atoms with Crippen LogP contribution in [0.4, 0.5) is 5.69 Å². The van der Waals surface area contributed by atoms with Gasteiger partial charge in [0.1, 0.15) is 0 Å². The topological polar surface area (TPSA) is 107 Å². The molecule has 7 nitrogen and oxygen atoms in total. The van der Waals surface area contributed by atoms with E-state index in [1.807, 2.05) is 13.0 Å². The third-order valence-electron chi connectivity index (χ3n) is 4.54. The van der Waals surface area contributed by atoms with Crippen LogP contribution in [-0.2, 0) is 24.6 Å². The van der Waals surface area contributed by atoms with E-state index in [1.54, 1.807) is 36.4 Å². The van der Waals surface area contributed by atoms with E-state index in [4.69, 9.17) is 4.74 Å². The number of carbonyl (C=O) groups excluding carboxylic acids is 1. The molecule has 0 aliphatic carbocycles. The largest absolute Gasteiger partial charge is 0.462 e. The highest BCUT2D eigenvalue weighted by atomic mass is 32.2. The molecule has 9 heteroatoms. The second kappa shape index (κ2) is 9.97. The highest BCUT2D eigenvalue weighted by Crippen LogP contribution is 2.19. The van der Waals surface area contributed by atoms with Gasteiger partial charge in [0, 0.05) is 5.69 Å². The summed E-state index contributed by atoms with van der Waals surface area (Å²) in [7, 11) is -7.36. The fourth-order valence-corrected chi connectivity index (χ4v) is 5.36. The van der Waals surface area contributed by atoms with Crippen LogP contribution in [0, 0.1) is 6.92 Å². The molecule has 0 heterocycles. The summed E-state index contributed by atoms with van der Waals surface area (Å²) in [6, 6.07) is 20.4. The smallest absolute Gasteiger partial charge is 0.338 e. The molecule has 0 fully saturated rings. The zero-order valence-corrected chi connectivity index (χ0v) is 19.0. The Labute approximate surface area is 188 Å². The number of esters is 1. The molecule has 0 amide bonds. The van der Waals surface area contributed by atoms with Gasteiger partial charge in [0.05, 0.1) is 27.7 Å². The zero-order valence-electron chi connectivity index (χ0n) is 17.4. The van der Waals surface area contributed by atoms with Crippen LogP contribution in [-0.4, -0.2) is 35.2 Å². The second-order valence-corrected chi connectivity index (χ2v) is 10.9. The lowest BCUT2D eigenvalue weighted by atomic mass is 10.2. The zero-order chi connectivity index (χ0) is 23.2. The highest BCUT2D eigenvalue weighted by molar-refractivity contribution is 7.92. The number of hydrogen-bond acceptors (Lipinski definition) is 6. The molecule has 32 heavy (non-hydrogen) atoms. The number of aryl methyl sites for hydroxylation is 1. The Balaban J connectivity index is 1.60. The summed E-state index contributed by atoms with van der Waals surface area (Å²) in [5, 5.41) is 0. The van der Waals surface area contributed by atoms with Crippen molar-refractivity contribution in [2.75, 3.05) is 17.1 Å². The van der Waals surface area contributed by atoms with E-state index in [0.717, 1.165) is 5.56 Å². The van der Waals surface area contributed by atoms with Crippen LogP contribution >= 0.6 is 0 Å². The SMILES string of the molecule is Cc1cccc(NS(=O)(=O)c2cccc(C(=O)OCCCS(=O)(=O)c3ccccc3)c2)c1. The van der Waals surface area contributed by atoms with Crippen molar-refractivity contribution in [1.29, 1.82) is 0 Å². The van der Waals surface area contributed by atoms with Gasteiger partial charge in [-0.05, 0) is 61.4 Å². The maximum absolute atomic E-state index is 12.7. The van der Waals surface area contributed by atoms with Crippen molar-refractivity contribution in [2.45, 2.75) is 23.1 Å². The van der Waals surface area contributed by atoms with E-state index in [-0.39, 0.29) is 34.1 Å². The quantitative estimate of drug-likeness (QED) is 0.374. The molecule has 1 N–H and O–H groups in total. The summed E-state index contributed by atoms with van der Waals surface area (Å²) in [4.78, 5) is 12.5.